The minimum Gasteiger partial charge on any atom is -0.255 e. The van der Waals surface area contributed by atoms with Crippen LogP contribution in [0.1, 0.15) is 79.1 Å². The Labute approximate surface area is 210 Å². The molecule has 4 aromatic rings. The molecule has 0 amide bonds. The number of nitrogens with zero attached hydrogens (tertiary/aromatic N) is 3. The lowest BCUT2D eigenvalue weighted by molar-refractivity contribution is 0.125. The summed E-state index contributed by atoms with van der Waals surface area (Å²) in [7, 11) is 0. The maximum absolute atomic E-state index is 4.99. The van der Waals surface area contributed by atoms with Gasteiger partial charge in [-0.25, -0.2) is 9.97 Å². The molecule has 5 rings (SSSR count). The van der Waals surface area contributed by atoms with Gasteiger partial charge in [-0.15, -0.1) is 0 Å². The number of fused-ring (bicyclic) bond motifs is 2. The van der Waals surface area contributed by atoms with Crippen LogP contribution >= 0.6 is 0 Å². The van der Waals surface area contributed by atoms with E-state index < -0.39 is 0 Å². The van der Waals surface area contributed by atoms with Crippen molar-refractivity contribution in [2.45, 2.75) is 78.6 Å². The summed E-state index contributed by atoms with van der Waals surface area (Å²) in [5.41, 5.74) is 8.25. The van der Waals surface area contributed by atoms with E-state index in [-0.39, 0.29) is 21.7 Å². The number of rotatable bonds is 2. The summed E-state index contributed by atoms with van der Waals surface area (Å²) in [4.78, 5) is 14.7. The van der Waals surface area contributed by atoms with Crippen LogP contribution in [-0.4, -0.2) is 15.0 Å². The predicted molar refractivity (Wildman–Crippen MR) is 147 cm³/mol. The first-order valence-electron chi connectivity index (χ1n) is 12.6. The van der Waals surface area contributed by atoms with Crippen molar-refractivity contribution in [1.29, 1.82) is 0 Å². The van der Waals surface area contributed by atoms with Crippen molar-refractivity contribution in [2.24, 2.45) is 5.41 Å². The van der Waals surface area contributed by atoms with Gasteiger partial charge in [0.1, 0.15) is 0 Å². The number of para-hydroxylation sites is 1. The molecule has 0 radical (unpaired) electrons. The van der Waals surface area contributed by atoms with Crippen LogP contribution < -0.4 is 0 Å². The second-order valence-corrected chi connectivity index (χ2v) is 12.7. The Balaban J connectivity index is 1.56. The minimum absolute atomic E-state index is 0.0735. The van der Waals surface area contributed by atoms with Crippen molar-refractivity contribution in [1.82, 2.24) is 15.0 Å². The summed E-state index contributed by atoms with van der Waals surface area (Å²) >= 11 is 0. The largest absolute Gasteiger partial charge is 0.255 e. The van der Waals surface area contributed by atoms with E-state index in [9.17, 15) is 0 Å². The molecule has 0 unspecified atom stereocenters. The fraction of sp³-hybridized carbons (Fsp3) is 0.406. The van der Waals surface area contributed by atoms with Crippen molar-refractivity contribution < 1.29 is 0 Å². The molecule has 0 aliphatic heterocycles. The third-order valence-corrected chi connectivity index (χ3v) is 9.12. The normalized spacial score (nSPS) is 18.0. The van der Waals surface area contributed by atoms with E-state index in [0.29, 0.717) is 0 Å². The van der Waals surface area contributed by atoms with E-state index in [1.165, 1.54) is 11.1 Å². The van der Waals surface area contributed by atoms with Crippen molar-refractivity contribution in [3.05, 3.63) is 77.6 Å². The van der Waals surface area contributed by atoms with Gasteiger partial charge < -0.3 is 0 Å². The van der Waals surface area contributed by atoms with Gasteiger partial charge in [-0.05, 0) is 51.6 Å². The molecule has 2 aromatic carbocycles. The van der Waals surface area contributed by atoms with Crippen molar-refractivity contribution >= 4 is 10.9 Å². The van der Waals surface area contributed by atoms with Crippen molar-refractivity contribution in [3.8, 4) is 22.6 Å². The van der Waals surface area contributed by atoms with Crippen LogP contribution in [0.2, 0.25) is 0 Å². The highest BCUT2D eigenvalue weighted by Crippen LogP contribution is 2.61. The number of hydrogen-bond acceptors (Lipinski definition) is 3. The number of hydrogen-bond donors (Lipinski definition) is 0. The second kappa shape index (κ2) is 7.46. The topological polar surface area (TPSA) is 38.7 Å². The molecule has 0 saturated carbocycles. The molecule has 180 valence electrons. The van der Waals surface area contributed by atoms with Crippen LogP contribution in [0.15, 0.2) is 60.8 Å². The number of pyridine rings is 1. The Morgan fingerprint density at radius 3 is 2.00 bits per heavy atom. The lowest BCUT2D eigenvalue weighted by Gasteiger charge is -2.44. The Bertz CT molecular complexity index is 1430. The Kier molecular flexibility index (Phi) is 5.05. The monoisotopic (exact) mass is 463 g/mol. The quantitative estimate of drug-likeness (QED) is 0.300. The van der Waals surface area contributed by atoms with Gasteiger partial charge in [-0.1, -0.05) is 92.6 Å². The zero-order valence-corrected chi connectivity index (χ0v) is 22.6. The van der Waals surface area contributed by atoms with E-state index in [0.717, 1.165) is 39.2 Å². The van der Waals surface area contributed by atoms with Crippen LogP contribution in [-0.2, 0) is 16.2 Å². The smallest absolute Gasteiger partial charge is 0.161 e. The molecular formula is C32H37N3. The highest BCUT2D eigenvalue weighted by Gasteiger charge is 2.56. The van der Waals surface area contributed by atoms with Gasteiger partial charge in [-0.2, -0.15) is 0 Å². The average molecular weight is 464 g/mol. The first-order chi connectivity index (χ1) is 16.2. The summed E-state index contributed by atoms with van der Waals surface area (Å²) < 4.78 is 0. The Morgan fingerprint density at radius 1 is 0.686 bits per heavy atom. The molecule has 2 heterocycles. The summed E-state index contributed by atoms with van der Waals surface area (Å²) in [5, 5.41) is 1.11. The molecule has 0 atom stereocenters. The molecule has 0 saturated heterocycles. The SMILES string of the molecule is CC(C)(C)c1nc(-c2ccc(-c3ccc4c(c3)C(C)(C)C(C)(C)C4(C)C)nc2)nc2ccccc12. The number of benzene rings is 2. The molecular weight excluding hydrogens is 426 g/mol. The van der Waals surface area contributed by atoms with Crippen LogP contribution in [0.25, 0.3) is 33.5 Å². The summed E-state index contributed by atoms with van der Waals surface area (Å²) in [6.45, 7) is 20.9. The molecule has 0 fully saturated rings. The predicted octanol–water partition coefficient (Wildman–Crippen LogP) is 8.25. The fourth-order valence-electron chi connectivity index (χ4n) is 5.69. The van der Waals surface area contributed by atoms with Crippen LogP contribution in [0.3, 0.4) is 0 Å². The van der Waals surface area contributed by atoms with Gasteiger partial charge in [0.05, 0.1) is 16.9 Å². The van der Waals surface area contributed by atoms with Gasteiger partial charge in [0.2, 0.25) is 0 Å². The molecule has 1 aliphatic rings. The van der Waals surface area contributed by atoms with E-state index in [1.807, 2.05) is 12.3 Å². The summed E-state index contributed by atoms with van der Waals surface area (Å²) in [6, 6.07) is 19.4. The molecule has 2 aromatic heterocycles. The van der Waals surface area contributed by atoms with E-state index >= 15 is 0 Å². The molecule has 0 spiro atoms. The molecule has 0 bridgehead atoms. The van der Waals surface area contributed by atoms with Crippen molar-refractivity contribution in [3.63, 3.8) is 0 Å². The van der Waals surface area contributed by atoms with Gasteiger partial charge in [0.25, 0.3) is 0 Å². The fourth-order valence-corrected chi connectivity index (χ4v) is 5.69. The van der Waals surface area contributed by atoms with Crippen LogP contribution in [0, 0.1) is 5.41 Å². The Morgan fingerprint density at radius 2 is 1.34 bits per heavy atom. The summed E-state index contributed by atoms with van der Waals surface area (Å²) in [5.74, 6) is 0.728. The van der Waals surface area contributed by atoms with Gasteiger partial charge in [-0.3, -0.25) is 4.98 Å². The first-order valence-corrected chi connectivity index (χ1v) is 12.6. The zero-order chi connectivity index (χ0) is 25.4. The standard InChI is InChI=1S/C32H37N3/c1-29(2,3)27-22-12-10-11-13-26(22)34-28(35-27)21-15-17-25(33-19-21)20-14-16-23-24(18-20)31(6,7)32(8,9)30(23,4)5/h10-19H,1-9H3. The summed E-state index contributed by atoms with van der Waals surface area (Å²) in [6.07, 6.45) is 1.91. The van der Waals surface area contributed by atoms with Gasteiger partial charge >= 0.3 is 0 Å². The molecule has 3 heteroatoms. The Hall–Kier alpha value is -3.07. The second-order valence-electron chi connectivity index (χ2n) is 12.7. The maximum Gasteiger partial charge on any atom is 0.161 e. The van der Waals surface area contributed by atoms with Crippen LogP contribution in [0.4, 0.5) is 0 Å². The average Bonchev–Trinajstić information content (AvgIpc) is 2.92. The molecule has 35 heavy (non-hydrogen) atoms. The minimum atomic E-state index is -0.0799. The van der Waals surface area contributed by atoms with E-state index in [1.54, 1.807) is 0 Å². The molecule has 1 aliphatic carbocycles. The highest BCUT2D eigenvalue weighted by molar-refractivity contribution is 5.83. The lowest BCUT2D eigenvalue weighted by Crippen LogP contribution is -2.42. The van der Waals surface area contributed by atoms with Gasteiger partial charge in [0.15, 0.2) is 5.82 Å². The van der Waals surface area contributed by atoms with Gasteiger partial charge in [0, 0.05) is 28.1 Å². The lowest BCUT2D eigenvalue weighted by atomic mass is 9.59. The van der Waals surface area contributed by atoms with E-state index in [2.05, 4.69) is 111 Å². The molecule has 0 N–H and O–H groups in total. The third kappa shape index (κ3) is 3.43. The van der Waals surface area contributed by atoms with Crippen LogP contribution in [0.5, 0.6) is 0 Å². The van der Waals surface area contributed by atoms with Crippen molar-refractivity contribution in [2.75, 3.05) is 0 Å². The zero-order valence-electron chi connectivity index (χ0n) is 22.6. The molecule has 3 nitrogen and oxygen atoms in total. The number of aromatic nitrogens is 3. The van der Waals surface area contributed by atoms with E-state index in [4.69, 9.17) is 15.0 Å². The third-order valence-electron chi connectivity index (χ3n) is 9.12. The first kappa shape index (κ1) is 23.7. The maximum atomic E-state index is 4.99. The highest BCUT2D eigenvalue weighted by atomic mass is 14.9.